The molecule has 0 fully saturated rings. The number of para-hydroxylation sites is 2. The van der Waals surface area contributed by atoms with Crippen LogP contribution in [0.1, 0.15) is 47.2 Å². The van der Waals surface area contributed by atoms with Crippen LogP contribution in [0, 0.1) is 0 Å². The molecule has 72 heavy (non-hydrogen) atoms. The van der Waals surface area contributed by atoms with E-state index in [1.165, 1.54) is 111 Å². The van der Waals surface area contributed by atoms with Gasteiger partial charge in [0.15, 0.2) is 0 Å². The number of hydrogen-bond donors (Lipinski definition) is 0. The molecule has 1 spiro atoms. The van der Waals surface area contributed by atoms with Crippen LogP contribution in [0.2, 0.25) is 0 Å². The van der Waals surface area contributed by atoms with Crippen LogP contribution in [0.4, 0.5) is 17.1 Å². The van der Waals surface area contributed by atoms with Gasteiger partial charge in [0.05, 0.1) is 16.4 Å². The molecule has 3 aliphatic rings. The minimum absolute atomic E-state index is 0.141. The zero-order valence-corrected chi connectivity index (χ0v) is 40.1. The quantitative estimate of drug-likeness (QED) is 0.161. The normalized spacial score (nSPS) is 13.9. The van der Waals surface area contributed by atoms with Gasteiger partial charge in [-0.15, -0.1) is 0 Å². The SMILES string of the molecule is CC1(C)c2ccccc2-c2ccc(N(c3ccc(-c4cccc5c4C4(c6ccccc6-c6ccccc64)c4ccccc4-5)cc3)c3ccc(-c4cccc5c4c4ccccc4n5-c4ccccc4)cc3)cc21. The Kier molecular flexibility index (Phi) is 8.66. The van der Waals surface area contributed by atoms with Crippen LogP contribution in [0.5, 0.6) is 0 Å². The maximum atomic E-state index is 2.45. The van der Waals surface area contributed by atoms with Crippen molar-refractivity contribution in [3.8, 4) is 61.3 Å². The van der Waals surface area contributed by atoms with Crippen molar-refractivity contribution in [1.82, 2.24) is 4.57 Å². The summed E-state index contributed by atoms with van der Waals surface area (Å²) in [4.78, 5) is 2.45. The predicted molar refractivity (Wildman–Crippen MR) is 300 cm³/mol. The molecule has 0 aliphatic heterocycles. The van der Waals surface area contributed by atoms with Crippen LogP contribution in [0.3, 0.4) is 0 Å². The van der Waals surface area contributed by atoms with Crippen LogP contribution in [0.15, 0.2) is 255 Å². The highest BCUT2D eigenvalue weighted by Crippen LogP contribution is 2.64. The smallest absolute Gasteiger partial charge is 0.0731 e. The molecule has 0 saturated carbocycles. The third-order valence-electron chi connectivity index (χ3n) is 16.4. The fourth-order valence-corrected chi connectivity index (χ4v) is 13.4. The summed E-state index contributed by atoms with van der Waals surface area (Å²) >= 11 is 0. The van der Waals surface area contributed by atoms with Crippen molar-refractivity contribution in [3.63, 3.8) is 0 Å². The molecule has 1 aromatic heterocycles. The van der Waals surface area contributed by atoms with Crippen LogP contribution in [-0.4, -0.2) is 4.57 Å². The van der Waals surface area contributed by atoms with E-state index in [0.717, 1.165) is 22.7 Å². The van der Waals surface area contributed by atoms with Crippen LogP contribution >= 0.6 is 0 Å². The van der Waals surface area contributed by atoms with E-state index in [-0.39, 0.29) is 5.41 Å². The minimum atomic E-state index is -0.433. The maximum Gasteiger partial charge on any atom is 0.0731 e. The Morgan fingerprint density at radius 1 is 0.319 bits per heavy atom. The summed E-state index contributed by atoms with van der Waals surface area (Å²) in [7, 11) is 0. The average molecular weight is 917 g/mol. The van der Waals surface area contributed by atoms with Crippen molar-refractivity contribution in [3.05, 3.63) is 288 Å². The molecule has 15 rings (SSSR count). The highest BCUT2D eigenvalue weighted by Gasteiger charge is 2.52. The standard InChI is InChI=1S/C70H48N2/c1-69(2)60-28-11-6-20-53(60)57-43-42-50(44-64(57)69)71(48-38-34-45(35-39-48)51-25-17-33-66-67(51)59-24-10-15-32-65(59)72(66)47-18-4-3-5-19-47)49-40-36-46(37-41-49)52-26-16-27-58-56-23-9-14-31-63(56)70(68(52)58)61-29-12-7-21-54(61)55-22-8-13-30-62(55)70/h3-44H,1-2H3. The van der Waals surface area contributed by atoms with E-state index in [1.807, 2.05) is 0 Å². The van der Waals surface area contributed by atoms with Crippen molar-refractivity contribution in [2.24, 2.45) is 0 Å². The van der Waals surface area contributed by atoms with Gasteiger partial charge in [-0.1, -0.05) is 208 Å². The summed E-state index contributed by atoms with van der Waals surface area (Å²) in [5.41, 5.74) is 27.3. The second-order valence-corrected chi connectivity index (χ2v) is 20.3. The van der Waals surface area contributed by atoms with E-state index >= 15 is 0 Å². The summed E-state index contributed by atoms with van der Waals surface area (Å²) in [5.74, 6) is 0. The lowest BCUT2D eigenvalue weighted by molar-refractivity contribution is 0.660. The fraction of sp³-hybridized carbons (Fsp3) is 0.0571. The third kappa shape index (κ3) is 5.55. The van der Waals surface area contributed by atoms with Gasteiger partial charge in [0.2, 0.25) is 0 Å². The van der Waals surface area contributed by atoms with Crippen molar-refractivity contribution in [1.29, 1.82) is 0 Å². The Morgan fingerprint density at radius 3 is 1.42 bits per heavy atom. The van der Waals surface area contributed by atoms with E-state index in [2.05, 4.69) is 278 Å². The number of hydrogen-bond acceptors (Lipinski definition) is 1. The van der Waals surface area contributed by atoms with Crippen molar-refractivity contribution in [2.45, 2.75) is 24.7 Å². The van der Waals surface area contributed by atoms with Crippen molar-refractivity contribution < 1.29 is 0 Å². The summed E-state index contributed by atoms with van der Waals surface area (Å²) in [6.45, 7) is 4.74. The lowest BCUT2D eigenvalue weighted by atomic mass is 9.68. The Morgan fingerprint density at radius 2 is 0.764 bits per heavy atom. The Labute approximate surface area is 420 Å². The number of fused-ring (bicyclic) bond motifs is 16. The summed E-state index contributed by atoms with van der Waals surface area (Å²) < 4.78 is 2.40. The number of nitrogens with zero attached hydrogens (tertiary/aromatic N) is 2. The Bertz CT molecular complexity index is 4110. The van der Waals surface area contributed by atoms with Gasteiger partial charge in [0.1, 0.15) is 0 Å². The zero-order valence-electron chi connectivity index (χ0n) is 40.1. The van der Waals surface area contributed by atoms with E-state index < -0.39 is 5.41 Å². The van der Waals surface area contributed by atoms with Gasteiger partial charge in [-0.25, -0.2) is 0 Å². The molecular weight excluding hydrogens is 869 g/mol. The van der Waals surface area contributed by atoms with Gasteiger partial charge in [-0.2, -0.15) is 0 Å². The first-order valence-electron chi connectivity index (χ1n) is 25.3. The monoisotopic (exact) mass is 916 g/mol. The Balaban J connectivity index is 0.886. The average Bonchev–Trinajstić information content (AvgIpc) is 4.12. The summed E-state index contributed by atoms with van der Waals surface area (Å²) in [6, 6.07) is 95.1. The molecule has 2 heteroatoms. The molecule has 3 aliphatic carbocycles. The third-order valence-corrected chi connectivity index (χ3v) is 16.4. The maximum absolute atomic E-state index is 2.45. The van der Waals surface area contributed by atoms with Crippen LogP contribution < -0.4 is 4.90 Å². The molecule has 2 nitrogen and oxygen atoms in total. The number of benzene rings is 11. The lowest BCUT2D eigenvalue weighted by Crippen LogP contribution is -2.26. The van der Waals surface area contributed by atoms with E-state index in [4.69, 9.17) is 0 Å². The van der Waals surface area contributed by atoms with Crippen LogP contribution in [0.25, 0.3) is 83.1 Å². The molecule has 1 heterocycles. The molecule has 338 valence electrons. The lowest BCUT2D eigenvalue weighted by Gasteiger charge is -2.32. The van der Waals surface area contributed by atoms with Gasteiger partial charge >= 0.3 is 0 Å². The molecule has 11 aromatic carbocycles. The largest absolute Gasteiger partial charge is 0.310 e. The summed E-state index contributed by atoms with van der Waals surface area (Å²) in [6.07, 6.45) is 0. The number of anilines is 3. The van der Waals surface area contributed by atoms with Crippen molar-refractivity contribution in [2.75, 3.05) is 4.90 Å². The highest BCUT2D eigenvalue weighted by molar-refractivity contribution is 6.16. The first-order valence-corrected chi connectivity index (χ1v) is 25.3. The van der Waals surface area contributed by atoms with Gasteiger partial charge in [-0.3, -0.25) is 0 Å². The van der Waals surface area contributed by atoms with Gasteiger partial charge < -0.3 is 9.47 Å². The van der Waals surface area contributed by atoms with E-state index in [9.17, 15) is 0 Å². The summed E-state index contributed by atoms with van der Waals surface area (Å²) in [5, 5.41) is 2.51. The highest BCUT2D eigenvalue weighted by atomic mass is 15.1. The zero-order chi connectivity index (χ0) is 47.7. The van der Waals surface area contributed by atoms with Gasteiger partial charge in [0, 0.05) is 38.9 Å². The molecule has 0 radical (unpaired) electrons. The molecule has 12 aromatic rings. The molecule has 0 N–H and O–H groups in total. The topological polar surface area (TPSA) is 8.17 Å². The first kappa shape index (κ1) is 40.9. The number of aromatic nitrogens is 1. The van der Waals surface area contributed by atoms with Gasteiger partial charge in [-0.05, 0) is 150 Å². The molecule has 0 bridgehead atoms. The number of rotatable bonds is 6. The van der Waals surface area contributed by atoms with Crippen molar-refractivity contribution >= 4 is 38.9 Å². The molecule has 0 atom stereocenters. The second kappa shape index (κ2) is 15.3. The fourth-order valence-electron chi connectivity index (χ4n) is 13.4. The predicted octanol–water partition coefficient (Wildman–Crippen LogP) is 18.2. The second-order valence-electron chi connectivity index (χ2n) is 20.3. The van der Waals surface area contributed by atoms with Crippen LogP contribution in [-0.2, 0) is 10.8 Å². The first-order chi connectivity index (χ1) is 35.5. The van der Waals surface area contributed by atoms with E-state index in [1.54, 1.807) is 0 Å². The Hall–Kier alpha value is -8.98. The van der Waals surface area contributed by atoms with Gasteiger partial charge in [0.25, 0.3) is 0 Å². The molecule has 0 unspecified atom stereocenters. The molecule has 0 amide bonds. The molecule has 0 saturated heterocycles. The molecular formula is C70H48N2. The van der Waals surface area contributed by atoms with E-state index in [0.29, 0.717) is 0 Å². The minimum Gasteiger partial charge on any atom is -0.310 e.